The van der Waals surface area contributed by atoms with Crippen LogP contribution in [0.4, 0.5) is 0 Å². The molecule has 5 rings (SSSR count). The maximum absolute atomic E-state index is 13.9. The molecule has 1 N–H and O–H groups in total. The van der Waals surface area contributed by atoms with Gasteiger partial charge in [0.1, 0.15) is 23.2 Å². The number of nitrogens with zero attached hydrogens (tertiary/aromatic N) is 2. The Morgan fingerprint density at radius 3 is 1.97 bits per heavy atom. The highest BCUT2D eigenvalue weighted by molar-refractivity contribution is 7.44. The monoisotopic (exact) mass is 855 g/mol. The first-order valence-corrected chi connectivity index (χ1v) is 22.2. The first-order chi connectivity index (χ1) is 27.4. The van der Waals surface area contributed by atoms with E-state index >= 15 is 0 Å². The Morgan fingerprint density at radius 1 is 0.879 bits per heavy atom. The zero-order chi connectivity index (χ0) is 41.1. The fourth-order valence-electron chi connectivity index (χ4n) is 7.81. The molecule has 0 saturated carbocycles. The minimum atomic E-state index is -1.47. The van der Waals surface area contributed by atoms with Crippen molar-refractivity contribution in [3.8, 4) is 17.6 Å². The van der Waals surface area contributed by atoms with Crippen LogP contribution >= 0.6 is 27.0 Å². The van der Waals surface area contributed by atoms with Crippen molar-refractivity contribution < 1.29 is 37.5 Å². The SMILES string of the molecule is C.COc1ccc(C(OCC2OC(P)C[C@H]2CC(=O)N[C@H](C)C2OC(P)C[C@H]2OP(OCCC#N)N(C(C)C)C(C)C)(c2ccccc2)c2ccc(OC)cc2)cc1. The van der Waals surface area contributed by atoms with Crippen molar-refractivity contribution in [1.29, 1.82) is 5.26 Å². The molecule has 1 amide bonds. The Balaban J connectivity index is 0.00000744. The van der Waals surface area contributed by atoms with Gasteiger partial charge in [-0.15, -0.1) is 18.5 Å². The molecule has 2 saturated heterocycles. The minimum absolute atomic E-state index is 0. The molecule has 7 unspecified atom stereocenters. The Bertz CT molecular complexity index is 1680. The predicted molar refractivity (Wildman–Crippen MR) is 237 cm³/mol. The van der Waals surface area contributed by atoms with Gasteiger partial charge in [0.05, 0.1) is 69.9 Å². The summed E-state index contributed by atoms with van der Waals surface area (Å²) >= 11 is 0. The van der Waals surface area contributed by atoms with E-state index in [4.69, 9.17) is 38.0 Å². The molecule has 0 radical (unpaired) electrons. The topological polar surface area (TPSA) is 121 Å². The van der Waals surface area contributed by atoms with Crippen LogP contribution in [-0.4, -0.2) is 86.1 Å². The quantitative estimate of drug-likeness (QED) is 0.0671. The lowest BCUT2D eigenvalue weighted by Crippen LogP contribution is -2.47. The van der Waals surface area contributed by atoms with Crippen LogP contribution < -0.4 is 14.8 Å². The first kappa shape index (κ1) is 47.9. The summed E-state index contributed by atoms with van der Waals surface area (Å²) in [5, 5.41) is 12.4. The fourth-order valence-corrected chi connectivity index (χ4v) is 10.6. The third kappa shape index (κ3) is 12.0. The molecule has 58 heavy (non-hydrogen) atoms. The van der Waals surface area contributed by atoms with Crippen LogP contribution in [0.2, 0.25) is 0 Å². The average molecular weight is 856 g/mol. The second-order valence-corrected chi connectivity index (χ2v) is 18.0. The van der Waals surface area contributed by atoms with E-state index in [1.165, 1.54) is 0 Å². The summed E-state index contributed by atoms with van der Waals surface area (Å²) in [6, 6.07) is 28.2. The van der Waals surface area contributed by atoms with E-state index in [9.17, 15) is 4.79 Å². The second-order valence-electron chi connectivity index (χ2n) is 15.1. The summed E-state index contributed by atoms with van der Waals surface area (Å²) in [7, 11) is 7.35. The molecule has 0 aromatic heterocycles. The van der Waals surface area contributed by atoms with E-state index in [2.05, 4.69) is 74.4 Å². The van der Waals surface area contributed by atoms with E-state index in [1.807, 2.05) is 73.7 Å². The van der Waals surface area contributed by atoms with Crippen molar-refractivity contribution in [1.82, 2.24) is 9.99 Å². The number of carbonyl (C=O) groups is 1. The number of nitrogens with one attached hydrogen (secondary N) is 1. The fraction of sp³-hybridized carbons (Fsp3) is 0.545. The number of ether oxygens (including phenoxy) is 5. The van der Waals surface area contributed by atoms with Gasteiger partial charge >= 0.3 is 0 Å². The Hall–Kier alpha value is -2.73. The van der Waals surface area contributed by atoms with E-state index < -0.39 is 20.2 Å². The molecule has 14 heteroatoms. The van der Waals surface area contributed by atoms with Crippen LogP contribution in [0.5, 0.6) is 11.5 Å². The zero-order valence-electron chi connectivity index (χ0n) is 34.2. The predicted octanol–water partition coefficient (Wildman–Crippen LogP) is 8.80. The maximum atomic E-state index is 13.9. The van der Waals surface area contributed by atoms with Gasteiger partial charge in [-0.05, 0) is 87.9 Å². The number of benzene rings is 3. The minimum Gasteiger partial charge on any atom is -0.497 e. The van der Waals surface area contributed by atoms with Gasteiger partial charge < -0.3 is 38.0 Å². The smallest absolute Gasteiger partial charge is 0.259 e. The van der Waals surface area contributed by atoms with Crippen LogP contribution in [0.15, 0.2) is 78.9 Å². The number of rotatable bonds is 20. The highest BCUT2D eigenvalue weighted by atomic mass is 31.2. The van der Waals surface area contributed by atoms with Crippen LogP contribution in [0, 0.1) is 17.2 Å². The lowest BCUT2D eigenvalue weighted by Gasteiger charge is -2.38. The number of carbonyl (C=O) groups excluding carboxylic acids is 1. The molecule has 3 aromatic carbocycles. The van der Waals surface area contributed by atoms with Gasteiger partial charge in [0, 0.05) is 24.9 Å². The Kier molecular flexibility index (Phi) is 18.8. The van der Waals surface area contributed by atoms with Crippen molar-refractivity contribution in [3.63, 3.8) is 0 Å². The summed E-state index contributed by atoms with van der Waals surface area (Å²) in [5.74, 6) is 1.04. The molecule has 2 heterocycles. The van der Waals surface area contributed by atoms with E-state index in [1.54, 1.807) is 14.2 Å². The largest absolute Gasteiger partial charge is 0.497 e. The highest BCUT2D eigenvalue weighted by Gasteiger charge is 2.44. The third-order valence-corrected chi connectivity index (χ3v) is 13.4. The van der Waals surface area contributed by atoms with Crippen molar-refractivity contribution in [2.45, 2.75) is 121 Å². The molecule has 0 bridgehead atoms. The molecule has 0 spiro atoms. The lowest BCUT2D eigenvalue weighted by molar-refractivity contribution is -0.125. The van der Waals surface area contributed by atoms with E-state index in [-0.39, 0.29) is 87.3 Å². The average Bonchev–Trinajstić information content (AvgIpc) is 3.75. The maximum Gasteiger partial charge on any atom is 0.259 e. The molecule has 10 atom stereocenters. The Morgan fingerprint density at radius 2 is 1.43 bits per heavy atom. The number of methoxy groups -OCH3 is 2. The summed E-state index contributed by atoms with van der Waals surface area (Å²) in [6.07, 6.45) is 0.800. The molecule has 2 aliphatic heterocycles. The van der Waals surface area contributed by atoms with Gasteiger partial charge in [0.25, 0.3) is 8.53 Å². The molecule has 3 aromatic rings. The summed E-state index contributed by atoms with van der Waals surface area (Å²) in [4.78, 5) is 13.9. The summed E-state index contributed by atoms with van der Waals surface area (Å²) < 4.78 is 46.1. The van der Waals surface area contributed by atoms with Crippen LogP contribution in [-0.2, 0) is 33.7 Å². The van der Waals surface area contributed by atoms with Crippen molar-refractivity contribution in [2.75, 3.05) is 27.4 Å². The van der Waals surface area contributed by atoms with Gasteiger partial charge in [-0.3, -0.25) is 4.79 Å². The highest BCUT2D eigenvalue weighted by Crippen LogP contribution is 2.50. The summed E-state index contributed by atoms with van der Waals surface area (Å²) in [5.41, 5.74) is 1.79. The van der Waals surface area contributed by atoms with Crippen LogP contribution in [0.1, 0.15) is 84.4 Å². The molecular formula is C44H64N3O8P3. The first-order valence-electron chi connectivity index (χ1n) is 19.7. The molecular weight excluding hydrogens is 791 g/mol. The van der Waals surface area contributed by atoms with Crippen molar-refractivity contribution >= 4 is 32.9 Å². The molecule has 0 aliphatic carbocycles. The van der Waals surface area contributed by atoms with Gasteiger partial charge in [-0.1, -0.05) is 62.0 Å². The number of hydrogen-bond donors (Lipinski definition) is 1. The van der Waals surface area contributed by atoms with Gasteiger partial charge in [0.15, 0.2) is 0 Å². The van der Waals surface area contributed by atoms with Crippen LogP contribution in [0.25, 0.3) is 0 Å². The van der Waals surface area contributed by atoms with E-state index in [0.29, 0.717) is 12.8 Å². The van der Waals surface area contributed by atoms with Gasteiger partial charge in [-0.25, -0.2) is 4.67 Å². The molecule has 11 nitrogen and oxygen atoms in total. The molecule has 2 fully saturated rings. The molecule has 2 aliphatic rings. The van der Waals surface area contributed by atoms with Gasteiger partial charge in [0.2, 0.25) is 5.91 Å². The lowest BCUT2D eigenvalue weighted by atomic mass is 9.80. The Labute approximate surface area is 352 Å². The number of hydrogen-bond acceptors (Lipinski definition) is 10. The van der Waals surface area contributed by atoms with Crippen LogP contribution in [0.3, 0.4) is 0 Å². The van der Waals surface area contributed by atoms with Crippen molar-refractivity contribution in [2.24, 2.45) is 5.92 Å². The van der Waals surface area contributed by atoms with Crippen molar-refractivity contribution in [3.05, 3.63) is 95.6 Å². The zero-order valence-corrected chi connectivity index (χ0v) is 37.4. The number of nitriles is 1. The molecule has 318 valence electrons. The van der Waals surface area contributed by atoms with Gasteiger partial charge in [-0.2, -0.15) is 5.26 Å². The normalized spacial score (nSPS) is 23.0. The summed E-state index contributed by atoms with van der Waals surface area (Å²) in [6.45, 7) is 10.9. The van der Waals surface area contributed by atoms with E-state index in [0.717, 1.165) is 28.2 Å². The third-order valence-electron chi connectivity index (χ3n) is 10.4. The standard InChI is InChI=1S/C43H60N3O8P3.CH4/c1-28(2)46(29(3)4)57(51-23-11-22-44)54-37-26-41(56)53-42(37)30(5)45-39(47)24-31-25-40(55)52-38(31)27-50-43(32-12-9-8-10-13-32,33-14-18-35(48-6)19-15-33)34-16-20-36(49-7)21-17-34;/h8-10,12-21,28-31,37-38,40-42H,11,23-27,55-56H2,1-7H3,(H,45,47);1H4/t30-,31-,37-,38?,40?,41?,42?,57?;/m1./s1. The number of amides is 1. The second kappa shape index (κ2) is 22.8.